The number of aryl methyl sites for hydroxylation is 1. The number of likely N-dealkylation sites (N-methyl/N-ethyl adjacent to an activating group) is 3. The first-order valence-electron chi connectivity index (χ1n) is 22.7. The topological polar surface area (TPSA) is 226 Å². The Kier molecular flexibility index (Phi) is 16.5. The number of amides is 6. The van der Waals surface area contributed by atoms with Gasteiger partial charge in [-0.2, -0.15) is 0 Å². The summed E-state index contributed by atoms with van der Waals surface area (Å²) in [5, 5.41) is 30.0. The third kappa shape index (κ3) is 11.9. The molecule has 368 valence electrons. The maximum absolute atomic E-state index is 14.9. The molecule has 7 rings (SSSR count). The molecule has 4 aromatic rings. The number of carbonyl (C=O) groups excluding carboxylic acids is 6. The minimum absolute atomic E-state index is 0.0196. The molecule has 8 atom stereocenters. The zero-order valence-corrected chi connectivity index (χ0v) is 40.3. The van der Waals surface area contributed by atoms with Crippen LogP contribution in [0.4, 0.5) is 0 Å². The summed E-state index contributed by atoms with van der Waals surface area (Å²) in [6, 6.07) is 16.5. The van der Waals surface area contributed by atoms with Crippen LogP contribution in [0.1, 0.15) is 54.7 Å². The van der Waals surface area contributed by atoms with Crippen LogP contribution in [0.25, 0.3) is 0 Å². The number of nitrogens with zero attached hydrogens (tertiary/aromatic N) is 3. The van der Waals surface area contributed by atoms with Crippen LogP contribution >= 0.6 is 0 Å². The molecule has 0 aliphatic carbocycles. The van der Waals surface area contributed by atoms with Gasteiger partial charge in [0.15, 0.2) is 17.6 Å². The van der Waals surface area contributed by atoms with E-state index in [1.165, 1.54) is 70.8 Å². The largest absolute Gasteiger partial charge is 0.497 e. The highest BCUT2D eigenvalue weighted by molar-refractivity contribution is 5.98. The van der Waals surface area contributed by atoms with E-state index in [0.29, 0.717) is 39.5 Å². The molecule has 6 amide bonds. The van der Waals surface area contributed by atoms with Crippen LogP contribution in [0.2, 0.25) is 0 Å². The van der Waals surface area contributed by atoms with E-state index in [4.69, 9.17) is 18.9 Å². The lowest BCUT2D eigenvalue weighted by molar-refractivity contribution is -0.149. The van der Waals surface area contributed by atoms with Crippen LogP contribution in [-0.2, 0) is 48.0 Å². The molecule has 3 aliphatic heterocycles. The number of aliphatic hydroxyl groups excluding tert-OH is 2. The van der Waals surface area contributed by atoms with Gasteiger partial charge in [0.25, 0.3) is 0 Å². The second kappa shape index (κ2) is 22.3. The van der Waals surface area contributed by atoms with Crippen molar-refractivity contribution in [3.05, 3.63) is 113 Å². The predicted molar refractivity (Wildman–Crippen MR) is 254 cm³/mol. The minimum Gasteiger partial charge on any atom is -0.497 e. The molecule has 5 N–H and O–H groups in total. The standard InChI is InChI=1S/C51H62N6O12/c1-28-10-16-35(26-42(28)67-9)45(59)44(27-58)69-41-21-15-34-24-39-47(61)52-29(2)46(60)53-30(3)49(63)55(5)38(22-32-11-17-36(66-8)18-12-32)48(62)54-31(4)50(64)57(7)40(51(65)56(39)6)23-33-13-19-37(20-14-33)68-43(41)25-34/h10-21,25-26,29-31,38-40,44-45,58-59H,22-24,27H2,1-9H3,(H,52,61)(H,53,60)(H,54,62)/t29-,30+,31+,38+,39+,40+,44+,45+/m1/s1. The molecule has 4 aromatic carbocycles. The number of aliphatic hydroxyl groups is 2. The van der Waals surface area contributed by atoms with E-state index in [2.05, 4.69) is 16.0 Å². The molecule has 69 heavy (non-hydrogen) atoms. The number of methoxy groups -OCH3 is 2. The van der Waals surface area contributed by atoms with Gasteiger partial charge in [0, 0.05) is 40.4 Å². The average Bonchev–Trinajstić information content (AvgIpc) is 3.34. The van der Waals surface area contributed by atoms with Crippen LogP contribution in [0, 0.1) is 6.92 Å². The highest BCUT2D eigenvalue weighted by atomic mass is 16.5. The van der Waals surface area contributed by atoms with Crippen molar-refractivity contribution < 1.29 is 57.9 Å². The molecule has 6 bridgehead atoms. The summed E-state index contributed by atoms with van der Waals surface area (Å²) in [7, 11) is 7.36. The summed E-state index contributed by atoms with van der Waals surface area (Å²) in [6.07, 6.45) is -2.55. The molecule has 0 saturated carbocycles. The van der Waals surface area contributed by atoms with E-state index in [0.717, 1.165) is 5.56 Å². The van der Waals surface area contributed by atoms with Crippen molar-refractivity contribution in [1.82, 2.24) is 30.7 Å². The van der Waals surface area contributed by atoms with Gasteiger partial charge < -0.3 is 59.8 Å². The lowest BCUT2D eigenvalue weighted by Crippen LogP contribution is -2.61. The predicted octanol–water partition coefficient (Wildman–Crippen LogP) is 2.63. The van der Waals surface area contributed by atoms with Crippen LogP contribution in [0.3, 0.4) is 0 Å². The van der Waals surface area contributed by atoms with Gasteiger partial charge in [0.2, 0.25) is 35.4 Å². The molecular formula is C51H62N6O12. The van der Waals surface area contributed by atoms with Gasteiger partial charge in [0.05, 0.1) is 20.8 Å². The van der Waals surface area contributed by atoms with Gasteiger partial charge in [-0.3, -0.25) is 28.8 Å². The number of rotatable bonds is 9. The van der Waals surface area contributed by atoms with E-state index in [1.54, 1.807) is 84.9 Å². The molecule has 0 spiro atoms. The molecule has 0 radical (unpaired) electrons. The molecule has 18 nitrogen and oxygen atoms in total. The highest BCUT2D eigenvalue weighted by Gasteiger charge is 2.39. The summed E-state index contributed by atoms with van der Waals surface area (Å²) in [6.45, 7) is 5.67. The zero-order valence-electron chi connectivity index (χ0n) is 40.3. The fraction of sp³-hybridized carbons (Fsp3) is 0.412. The fourth-order valence-corrected chi connectivity index (χ4v) is 8.36. The molecule has 0 unspecified atom stereocenters. The number of ether oxygens (including phenoxy) is 4. The maximum Gasteiger partial charge on any atom is 0.246 e. The monoisotopic (exact) mass is 950 g/mol. The fourth-order valence-electron chi connectivity index (χ4n) is 8.36. The highest BCUT2D eigenvalue weighted by Crippen LogP contribution is 2.37. The van der Waals surface area contributed by atoms with Gasteiger partial charge in [-0.15, -0.1) is 0 Å². The van der Waals surface area contributed by atoms with E-state index in [-0.39, 0.29) is 30.8 Å². The van der Waals surface area contributed by atoms with Crippen LogP contribution in [-0.4, -0.2) is 145 Å². The normalized spacial score (nSPS) is 22.9. The first-order valence-corrected chi connectivity index (χ1v) is 22.7. The second-order valence-electron chi connectivity index (χ2n) is 17.6. The summed E-state index contributed by atoms with van der Waals surface area (Å²) in [5.74, 6) is -2.07. The van der Waals surface area contributed by atoms with Gasteiger partial charge in [-0.05, 0) is 98.0 Å². The Morgan fingerprint density at radius 1 is 0.652 bits per heavy atom. The molecule has 3 heterocycles. The smallest absolute Gasteiger partial charge is 0.246 e. The average molecular weight is 951 g/mol. The van der Waals surface area contributed by atoms with Crippen LogP contribution in [0.5, 0.6) is 28.7 Å². The van der Waals surface area contributed by atoms with E-state index in [9.17, 15) is 39.0 Å². The summed E-state index contributed by atoms with van der Waals surface area (Å²) < 4.78 is 23.4. The molecule has 1 saturated heterocycles. The van der Waals surface area contributed by atoms with Crippen LogP contribution in [0.15, 0.2) is 84.9 Å². The Morgan fingerprint density at radius 3 is 1.88 bits per heavy atom. The third-order valence-electron chi connectivity index (χ3n) is 12.7. The summed E-state index contributed by atoms with van der Waals surface area (Å²) in [5.41, 5.74) is 3.09. The van der Waals surface area contributed by atoms with Crippen molar-refractivity contribution in [2.45, 2.75) is 95.4 Å². The van der Waals surface area contributed by atoms with Crippen LogP contribution < -0.4 is 34.9 Å². The molecule has 0 aromatic heterocycles. The van der Waals surface area contributed by atoms with E-state index < -0.39 is 90.5 Å². The van der Waals surface area contributed by atoms with Crippen molar-refractivity contribution in [3.63, 3.8) is 0 Å². The second-order valence-corrected chi connectivity index (χ2v) is 17.6. The molecule has 18 heteroatoms. The Balaban J connectivity index is 1.38. The Hall–Kier alpha value is -7.18. The van der Waals surface area contributed by atoms with Gasteiger partial charge in [-0.1, -0.05) is 42.5 Å². The number of carbonyl (C=O) groups is 6. The van der Waals surface area contributed by atoms with Crippen molar-refractivity contribution in [3.8, 4) is 28.7 Å². The van der Waals surface area contributed by atoms with Crippen molar-refractivity contribution in [2.75, 3.05) is 42.0 Å². The Bertz CT molecular complexity index is 2520. The summed E-state index contributed by atoms with van der Waals surface area (Å²) >= 11 is 0. The number of benzene rings is 4. The number of hydrogen-bond donors (Lipinski definition) is 5. The summed E-state index contributed by atoms with van der Waals surface area (Å²) in [4.78, 5) is 89.4. The van der Waals surface area contributed by atoms with E-state index in [1.807, 2.05) is 6.92 Å². The minimum atomic E-state index is -1.29. The van der Waals surface area contributed by atoms with Crippen molar-refractivity contribution in [2.24, 2.45) is 0 Å². The Morgan fingerprint density at radius 2 is 1.25 bits per heavy atom. The van der Waals surface area contributed by atoms with E-state index >= 15 is 0 Å². The molecule has 1 fully saturated rings. The van der Waals surface area contributed by atoms with Crippen molar-refractivity contribution >= 4 is 35.4 Å². The third-order valence-corrected chi connectivity index (χ3v) is 12.7. The van der Waals surface area contributed by atoms with Gasteiger partial charge >= 0.3 is 0 Å². The molecule has 3 aliphatic rings. The van der Waals surface area contributed by atoms with Gasteiger partial charge in [-0.25, -0.2) is 0 Å². The Labute approximate surface area is 401 Å². The first kappa shape index (κ1) is 51.2. The molecular weight excluding hydrogens is 889 g/mol. The lowest BCUT2D eigenvalue weighted by atomic mass is 9.98. The van der Waals surface area contributed by atoms with Crippen molar-refractivity contribution in [1.29, 1.82) is 0 Å². The SMILES string of the molecule is COc1ccc(C[C@H]2C(=O)N[C@@H](C)C(=O)N(C)[C@H]3Cc4ccc(cc4)Oc4cc(ccc4O[C@@H](CO)[C@@H](O)c4ccc(C)c(OC)c4)C[C@@H](C(=O)N[C@H](C)C(=O)N[C@@H](C)C(=O)N2C)N(C)C3=O)cc1. The number of hydrogen-bond acceptors (Lipinski definition) is 12. The van der Waals surface area contributed by atoms with Gasteiger partial charge in [0.1, 0.15) is 59.6 Å². The quantitative estimate of drug-likeness (QED) is 0.163. The first-order chi connectivity index (χ1) is 32.8. The number of nitrogens with one attached hydrogen (secondary N) is 3. The maximum atomic E-state index is 14.9. The lowest BCUT2D eigenvalue weighted by Gasteiger charge is -2.36. The zero-order chi connectivity index (χ0) is 50.3. The number of fused-ring (bicyclic) bond motifs is 2.